The number of rotatable bonds is 5. The Morgan fingerprint density at radius 3 is 2.62 bits per heavy atom. The highest BCUT2D eigenvalue weighted by Crippen LogP contribution is 2.23. The molecule has 0 aliphatic heterocycles. The molecule has 2 unspecified atom stereocenters. The highest BCUT2D eigenvalue weighted by molar-refractivity contribution is 7.86. The minimum atomic E-state index is -3.41. The van der Waals surface area contributed by atoms with E-state index < -0.39 is 10.1 Å². The Morgan fingerprint density at radius 1 is 1.38 bits per heavy atom. The number of hydroxylamine groups is 1. The lowest BCUT2D eigenvalue weighted by atomic mass is 9.88. The van der Waals surface area contributed by atoms with E-state index in [4.69, 9.17) is 4.28 Å². The van der Waals surface area contributed by atoms with Gasteiger partial charge in [-0.25, -0.2) is 0 Å². The number of nitrogens with one attached hydrogen (secondary N) is 1. The van der Waals surface area contributed by atoms with Gasteiger partial charge in [0.05, 0.1) is 5.75 Å². The van der Waals surface area contributed by atoms with Crippen molar-refractivity contribution in [2.45, 2.75) is 52.5 Å². The highest BCUT2D eigenvalue weighted by atomic mass is 32.2. The molecule has 0 spiro atoms. The molecule has 16 heavy (non-hydrogen) atoms. The summed E-state index contributed by atoms with van der Waals surface area (Å²) in [6.07, 6.45) is 4.38. The first kappa shape index (κ1) is 13.9. The molecule has 1 N–H and O–H groups in total. The third-order valence-electron chi connectivity index (χ3n) is 2.82. The van der Waals surface area contributed by atoms with Crippen molar-refractivity contribution in [1.82, 2.24) is 5.48 Å². The van der Waals surface area contributed by atoms with Gasteiger partial charge in [-0.1, -0.05) is 33.6 Å². The maximum Gasteiger partial charge on any atom is 0.283 e. The van der Waals surface area contributed by atoms with Crippen molar-refractivity contribution < 1.29 is 12.7 Å². The first-order valence-corrected chi connectivity index (χ1v) is 7.63. The summed E-state index contributed by atoms with van der Waals surface area (Å²) < 4.78 is 27.8. The lowest BCUT2D eigenvalue weighted by Gasteiger charge is -2.26. The molecule has 0 aromatic carbocycles. The minimum Gasteiger partial charge on any atom is -0.198 e. The van der Waals surface area contributed by atoms with Crippen LogP contribution in [0.25, 0.3) is 0 Å². The molecule has 0 radical (unpaired) electrons. The van der Waals surface area contributed by atoms with Gasteiger partial charge in [-0.05, 0) is 24.7 Å². The van der Waals surface area contributed by atoms with Crippen molar-refractivity contribution in [3.8, 4) is 0 Å². The summed E-state index contributed by atoms with van der Waals surface area (Å²) in [5, 5.41) is 0. The van der Waals surface area contributed by atoms with Crippen molar-refractivity contribution in [2.75, 3.05) is 5.75 Å². The quantitative estimate of drug-likeness (QED) is 0.758. The largest absolute Gasteiger partial charge is 0.283 e. The second-order valence-corrected chi connectivity index (χ2v) is 6.90. The highest BCUT2D eigenvalue weighted by Gasteiger charge is 2.21. The summed E-state index contributed by atoms with van der Waals surface area (Å²) in [5.74, 6) is 0.821. The zero-order valence-corrected chi connectivity index (χ0v) is 11.2. The molecule has 0 amide bonds. The van der Waals surface area contributed by atoms with Gasteiger partial charge in [-0.2, -0.15) is 18.2 Å². The van der Waals surface area contributed by atoms with Gasteiger partial charge >= 0.3 is 0 Å². The predicted octanol–water partition coefficient (Wildman–Crippen LogP) is 2.07. The minimum absolute atomic E-state index is 0.0717. The standard InChI is InChI=1S/C11H23NO3S/c1-9(2)8-16(13,14)15-12-11-6-4-5-10(3)7-11/h9-12H,4-8H2,1-3H3. The van der Waals surface area contributed by atoms with Gasteiger partial charge in [-0.3, -0.25) is 0 Å². The van der Waals surface area contributed by atoms with Crippen LogP contribution in [0.3, 0.4) is 0 Å². The van der Waals surface area contributed by atoms with Gasteiger partial charge in [-0.15, -0.1) is 0 Å². The normalized spacial score (nSPS) is 27.2. The Morgan fingerprint density at radius 2 is 2.06 bits per heavy atom. The van der Waals surface area contributed by atoms with Crippen LogP contribution in [-0.4, -0.2) is 20.2 Å². The van der Waals surface area contributed by atoms with E-state index in [1.807, 2.05) is 13.8 Å². The van der Waals surface area contributed by atoms with Crippen molar-refractivity contribution in [3.05, 3.63) is 0 Å². The Balaban J connectivity index is 2.33. The van der Waals surface area contributed by atoms with Crippen LogP contribution < -0.4 is 5.48 Å². The van der Waals surface area contributed by atoms with Crippen LogP contribution in [0.15, 0.2) is 0 Å². The average Bonchev–Trinajstić information content (AvgIpc) is 2.13. The number of hydrogen-bond acceptors (Lipinski definition) is 4. The molecule has 1 fully saturated rings. The number of hydrogen-bond donors (Lipinski definition) is 1. The molecule has 1 rings (SSSR count). The summed E-state index contributed by atoms with van der Waals surface area (Å²) in [7, 11) is -3.41. The van der Waals surface area contributed by atoms with E-state index in [1.165, 1.54) is 6.42 Å². The van der Waals surface area contributed by atoms with Crippen LogP contribution in [0.5, 0.6) is 0 Å². The lowest BCUT2D eigenvalue weighted by molar-refractivity contribution is 0.126. The monoisotopic (exact) mass is 249 g/mol. The van der Waals surface area contributed by atoms with E-state index in [1.54, 1.807) is 0 Å². The van der Waals surface area contributed by atoms with Crippen LogP contribution in [0.1, 0.15) is 46.5 Å². The average molecular weight is 249 g/mol. The smallest absolute Gasteiger partial charge is 0.198 e. The Bertz CT molecular complexity index is 300. The van der Waals surface area contributed by atoms with Crippen LogP contribution >= 0.6 is 0 Å². The maximum atomic E-state index is 11.5. The zero-order chi connectivity index (χ0) is 12.2. The molecule has 0 bridgehead atoms. The molecule has 0 aromatic rings. The summed E-state index contributed by atoms with van der Waals surface area (Å²) >= 11 is 0. The lowest BCUT2D eigenvalue weighted by Crippen LogP contribution is -2.36. The van der Waals surface area contributed by atoms with Gasteiger partial charge in [0.1, 0.15) is 0 Å². The molecule has 4 nitrogen and oxygen atoms in total. The van der Waals surface area contributed by atoms with Gasteiger partial charge in [0.2, 0.25) is 0 Å². The van der Waals surface area contributed by atoms with Gasteiger partial charge in [0, 0.05) is 6.04 Å². The van der Waals surface area contributed by atoms with E-state index in [9.17, 15) is 8.42 Å². The van der Waals surface area contributed by atoms with E-state index in [0.29, 0.717) is 5.92 Å². The first-order valence-electron chi connectivity index (χ1n) is 6.05. The molecule has 0 aromatic heterocycles. The van der Waals surface area contributed by atoms with E-state index in [-0.39, 0.29) is 17.7 Å². The van der Waals surface area contributed by atoms with E-state index in [2.05, 4.69) is 12.4 Å². The SMILES string of the molecule is CC(C)CS(=O)(=O)ONC1CCCC(C)C1. The van der Waals surface area contributed by atoms with Crippen molar-refractivity contribution in [1.29, 1.82) is 0 Å². The summed E-state index contributed by atoms with van der Waals surface area (Å²) in [6, 6.07) is 0.186. The van der Waals surface area contributed by atoms with Gasteiger partial charge in [0.25, 0.3) is 10.1 Å². The second kappa shape index (κ2) is 5.98. The van der Waals surface area contributed by atoms with Crippen molar-refractivity contribution in [2.24, 2.45) is 11.8 Å². The van der Waals surface area contributed by atoms with Crippen LogP contribution in [0.2, 0.25) is 0 Å². The topological polar surface area (TPSA) is 55.4 Å². The predicted molar refractivity (Wildman–Crippen MR) is 64.3 cm³/mol. The molecule has 96 valence electrons. The zero-order valence-electron chi connectivity index (χ0n) is 10.4. The molecular formula is C11H23NO3S. The Hall–Kier alpha value is -0.130. The fourth-order valence-electron chi connectivity index (χ4n) is 2.12. The third-order valence-corrected chi connectivity index (χ3v) is 4.24. The maximum absolute atomic E-state index is 11.5. The molecule has 1 aliphatic rings. The molecule has 5 heteroatoms. The van der Waals surface area contributed by atoms with Crippen LogP contribution in [-0.2, 0) is 14.4 Å². The fourth-order valence-corrected chi connectivity index (χ4v) is 3.29. The molecule has 1 aliphatic carbocycles. The Labute approximate surface area is 98.8 Å². The molecule has 1 saturated carbocycles. The summed E-state index contributed by atoms with van der Waals surface area (Å²) in [6.45, 7) is 5.92. The van der Waals surface area contributed by atoms with E-state index in [0.717, 1.165) is 19.3 Å². The van der Waals surface area contributed by atoms with Gasteiger partial charge < -0.3 is 0 Å². The molecular weight excluding hydrogens is 226 g/mol. The Kier molecular flexibility index (Phi) is 5.21. The fraction of sp³-hybridized carbons (Fsp3) is 1.00. The third kappa shape index (κ3) is 5.27. The second-order valence-electron chi connectivity index (χ2n) is 5.29. The van der Waals surface area contributed by atoms with Crippen molar-refractivity contribution in [3.63, 3.8) is 0 Å². The molecule has 0 heterocycles. The van der Waals surface area contributed by atoms with E-state index >= 15 is 0 Å². The summed E-state index contributed by atoms with van der Waals surface area (Å²) in [5.41, 5.74) is 2.71. The van der Waals surface area contributed by atoms with Crippen molar-refractivity contribution >= 4 is 10.1 Å². The van der Waals surface area contributed by atoms with Crippen LogP contribution in [0, 0.1) is 11.8 Å². The summed E-state index contributed by atoms with van der Waals surface area (Å²) in [4.78, 5) is 0. The van der Waals surface area contributed by atoms with Crippen LogP contribution in [0.4, 0.5) is 0 Å². The molecule has 0 saturated heterocycles. The van der Waals surface area contributed by atoms with Gasteiger partial charge in [0.15, 0.2) is 0 Å². The molecule has 2 atom stereocenters. The first-order chi connectivity index (χ1) is 7.39.